The molecule has 1 aromatic heterocycles. The first-order valence-electron chi connectivity index (χ1n) is 6.34. The molecule has 2 unspecified atom stereocenters. The summed E-state index contributed by atoms with van der Waals surface area (Å²) in [5, 5.41) is 6.08. The molecule has 2 rings (SSSR count). The molecule has 1 aliphatic heterocycles. The van der Waals surface area contributed by atoms with E-state index in [4.69, 9.17) is 4.74 Å². The van der Waals surface area contributed by atoms with Crippen LogP contribution in [0.5, 0.6) is 5.88 Å². The van der Waals surface area contributed by atoms with Gasteiger partial charge >= 0.3 is 0 Å². The molecule has 0 aliphatic carbocycles. The molecule has 1 aromatic rings. The monoisotopic (exact) mass is 249 g/mol. The molecule has 0 aromatic carbocycles. The van der Waals surface area contributed by atoms with E-state index in [0.717, 1.165) is 13.0 Å². The van der Waals surface area contributed by atoms with Gasteiger partial charge in [-0.15, -0.1) is 0 Å². The van der Waals surface area contributed by atoms with Crippen LogP contribution in [0.3, 0.4) is 0 Å². The lowest BCUT2D eigenvalue weighted by molar-refractivity contribution is -0.118. The quantitative estimate of drug-likeness (QED) is 0.847. The zero-order valence-electron chi connectivity index (χ0n) is 10.8. The molecule has 1 aliphatic rings. The zero-order valence-corrected chi connectivity index (χ0v) is 10.8. The molecule has 1 amide bonds. The molecule has 5 heteroatoms. The molecule has 0 saturated carbocycles. The van der Waals surface area contributed by atoms with E-state index in [1.165, 1.54) is 0 Å². The van der Waals surface area contributed by atoms with Gasteiger partial charge in [-0.25, -0.2) is 4.98 Å². The smallest absolute Gasteiger partial charge is 0.241 e. The molecule has 2 atom stereocenters. The third-order valence-corrected chi connectivity index (χ3v) is 3.13. The minimum Gasteiger partial charge on any atom is -0.476 e. The fourth-order valence-electron chi connectivity index (χ4n) is 2.13. The lowest BCUT2D eigenvalue weighted by atomic mass is 10.0. The Morgan fingerprint density at radius 2 is 2.50 bits per heavy atom. The first-order valence-corrected chi connectivity index (χ1v) is 6.34. The van der Waals surface area contributed by atoms with Crippen LogP contribution >= 0.6 is 0 Å². The van der Waals surface area contributed by atoms with E-state index in [1.807, 2.05) is 6.92 Å². The van der Waals surface area contributed by atoms with Gasteiger partial charge in [0.2, 0.25) is 11.8 Å². The van der Waals surface area contributed by atoms with Crippen LogP contribution in [0, 0.1) is 5.92 Å². The van der Waals surface area contributed by atoms with Gasteiger partial charge in [-0.3, -0.25) is 4.79 Å². The van der Waals surface area contributed by atoms with Crippen LogP contribution in [0.15, 0.2) is 18.3 Å². The Labute approximate surface area is 107 Å². The van der Waals surface area contributed by atoms with Crippen molar-refractivity contribution in [1.29, 1.82) is 0 Å². The molecular formula is C13H19N3O2. The lowest BCUT2D eigenvalue weighted by Crippen LogP contribution is -2.39. The summed E-state index contributed by atoms with van der Waals surface area (Å²) in [4.78, 5) is 16.2. The first-order chi connectivity index (χ1) is 8.72. The largest absolute Gasteiger partial charge is 0.476 e. The van der Waals surface area contributed by atoms with Crippen LogP contribution in [-0.4, -0.2) is 30.1 Å². The molecular weight excluding hydrogens is 230 g/mol. The van der Waals surface area contributed by atoms with E-state index >= 15 is 0 Å². The van der Waals surface area contributed by atoms with E-state index in [1.54, 1.807) is 18.3 Å². The number of amides is 1. The van der Waals surface area contributed by atoms with Gasteiger partial charge in [-0.2, -0.15) is 0 Å². The molecule has 2 heterocycles. The fraction of sp³-hybridized carbons (Fsp3) is 0.538. The average molecular weight is 249 g/mol. The second-order valence-electron chi connectivity index (χ2n) is 4.48. The van der Waals surface area contributed by atoms with Crippen LogP contribution < -0.4 is 15.4 Å². The van der Waals surface area contributed by atoms with Gasteiger partial charge in [0.05, 0.1) is 12.6 Å². The molecule has 98 valence electrons. The van der Waals surface area contributed by atoms with Crippen molar-refractivity contribution in [3.05, 3.63) is 18.3 Å². The van der Waals surface area contributed by atoms with E-state index in [-0.39, 0.29) is 11.9 Å². The van der Waals surface area contributed by atoms with Crippen molar-refractivity contribution in [2.24, 2.45) is 5.92 Å². The Bertz CT molecular complexity index is 422. The molecule has 1 fully saturated rings. The van der Waals surface area contributed by atoms with E-state index < -0.39 is 0 Å². The highest BCUT2D eigenvalue weighted by Crippen LogP contribution is 2.22. The Kier molecular flexibility index (Phi) is 4.15. The molecule has 1 saturated heterocycles. The van der Waals surface area contributed by atoms with Crippen LogP contribution in [0.2, 0.25) is 0 Å². The number of rotatable bonds is 4. The molecule has 0 bridgehead atoms. The number of aromatic nitrogens is 1. The van der Waals surface area contributed by atoms with Crippen molar-refractivity contribution < 1.29 is 9.53 Å². The van der Waals surface area contributed by atoms with Crippen LogP contribution in [0.25, 0.3) is 0 Å². The Balaban J connectivity index is 2.06. The summed E-state index contributed by atoms with van der Waals surface area (Å²) in [6, 6.07) is 3.46. The van der Waals surface area contributed by atoms with Gasteiger partial charge in [-0.1, -0.05) is 6.92 Å². The maximum Gasteiger partial charge on any atom is 0.241 e. The zero-order chi connectivity index (χ0) is 13.0. The summed E-state index contributed by atoms with van der Waals surface area (Å²) in [6.45, 7) is 5.39. The molecule has 0 radical (unpaired) electrons. The van der Waals surface area contributed by atoms with Gasteiger partial charge < -0.3 is 15.4 Å². The van der Waals surface area contributed by atoms with Crippen LogP contribution in [0.4, 0.5) is 5.69 Å². The highest BCUT2D eigenvalue weighted by Gasteiger charge is 2.29. The van der Waals surface area contributed by atoms with Crippen molar-refractivity contribution >= 4 is 11.6 Å². The summed E-state index contributed by atoms with van der Waals surface area (Å²) >= 11 is 0. The topological polar surface area (TPSA) is 63.2 Å². The Morgan fingerprint density at radius 1 is 1.67 bits per heavy atom. The maximum absolute atomic E-state index is 12.1. The Hall–Kier alpha value is -1.62. The lowest BCUT2D eigenvalue weighted by Gasteiger charge is -2.16. The van der Waals surface area contributed by atoms with Gasteiger partial charge in [0.25, 0.3) is 0 Å². The number of carbonyl (C=O) groups is 1. The number of nitrogens with zero attached hydrogens (tertiary/aromatic N) is 1. The standard InChI is InChI=1S/C13H19N3O2/c1-3-18-13-10(5-4-7-15-13)16-12(17)11-9(2)6-8-14-11/h4-5,7,9,11,14H,3,6,8H2,1-2H3,(H,16,17). The maximum atomic E-state index is 12.1. The normalized spacial score (nSPS) is 22.8. The van der Waals surface area contributed by atoms with Gasteiger partial charge in [0.1, 0.15) is 5.69 Å². The van der Waals surface area contributed by atoms with E-state index in [9.17, 15) is 4.79 Å². The first kappa shape index (κ1) is 12.8. The minimum atomic E-state index is -0.125. The van der Waals surface area contributed by atoms with Gasteiger partial charge in [-0.05, 0) is 37.9 Å². The van der Waals surface area contributed by atoms with Gasteiger partial charge in [0, 0.05) is 6.20 Å². The SMILES string of the molecule is CCOc1ncccc1NC(=O)C1NCCC1C. The molecule has 2 N–H and O–H groups in total. The third kappa shape index (κ3) is 2.79. The summed E-state index contributed by atoms with van der Waals surface area (Å²) in [6.07, 6.45) is 2.68. The van der Waals surface area contributed by atoms with Crippen molar-refractivity contribution in [3.8, 4) is 5.88 Å². The number of pyridine rings is 1. The highest BCUT2D eigenvalue weighted by atomic mass is 16.5. The summed E-state index contributed by atoms with van der Waals surface area (Å²) in [5.74, 6) is 0.810. The Morgan fingerprint density at radius 3 is 3.17 bits per heavy atom. The van der Waals surface area contributed by atoms with Crippen molar-refractivity contribution in [1.82, 2.24) is 10.3 Å². The number of nitrogens with one attached hydrogen (secondary N) is 2. The predicted octanol–water partition coefficient (Wildman–Crippen LogP) is 1.42. The molecule has 18 heavy (non-hydrogen) atoms. The average Bonchev–Trinajstić information content (AvgIpc) is 2.78. The number of hydrogen-bond donors (Lipinski definition) is 2. The van der Waals surface area contributed by atoms with Crippen LogP contribution in [0.1, 0.15) is 20.3 Å². The second kappa shape index (κ2) is 5.82. The van der Waals surface area contributed by atoms with Crippen LogP contribution in [-0.2, 0) is 4.79 Å². The number of ether oxygens (including phenoxy) is 1. The highest BCUT2D eigenvalue weighted by molar-refractivity contribution is 5.96. The van der Waals surface area contributed by atoms with E-state index in [2.05, 4.69) is 22.5 Å². The summed E-state index contributed by atoms with van der Waals surface area (Å²) in [5.41, 5.74) is 0.630. The minimum absolute atomic E-state index is 0.0195. The predicted molar refractivity (Wildman–Crippen MR) is 69.6 cm³/mol. The van der Waals surface area contributed by atoms with Crippen molar-refractivity contribution in [2.75, 3.05) is 18.5 Å². The van der Waals surface area contributed by atoms with E-state index in [0.29, 0.717) is 24.1 Å². The second-order valence-corrected chi connectivity index (χ2v) is 4.48. The summed E-state index contributed by atoms with van der Waals surface area (Å²) < 4.78 is 5.38. The van der Waals surface area contributed by atoms with Gasteiger partial charge in [0.15, 0.2) is 0 Å². The summed E-state index contributed by atoms with van der Waals surface area (Å²) in [7, 11) is 0. The van der Waals surface area contributed by atoms with Crippen molar-refractivity contribution in [2.45, 2.75) is 26.3 Å². The number of hydrogen-bond acceptors (Lipinski definition) is 4. The molecule has 0 spiro atoms. The number of anilines is 1. The fourth-order valence-corrected chi connectivity index (χ4v) is 2.13. The molecule has 5 nitrogen and oxygen atoms in total. The van der Waals surface area contributed by atoms with Crippen molar-refractivity contribution in [3.63, 3.8) is 0 Å². The third-order valence-electron chi connectivity index (χ3n) is 3.13. The number of carbonyl (C=O) groups excluding carboxylic acids is 1.